The van der Waals surface area contributed by atoms with Gasteiger partial charge in [0.1, 0.15) is 0 Å². The van der Waals surface area contributed by atoms with Gasteiger partial charge in [-0.05, 0) is 30.6 Å². The van der Waals surface area contributed by atoms with Gasteiger partial charge in [0.2, 0.25) is 0 Å². The summed E-state index contributed by atoms with van der Waals surface area (Å²) in [6.45, 7) is 6.81. The molecule has 1 unspecified atom stereocenters. The lowest BCUT2D eigenvalue weighted by Crippen LogP contribution is -2.22. The van der Waals surface area contributed by atoms with Gasteiger partial charge in [0.05, 0.1) is 0 Å². The highest BCUT2D eigenvalue weighted by Crippen LogP contribution is 2.40. The van der Waals surface area contributed by atoms with Gasteiger partial charge in [-0.1, -0.05) is 20.3 Å². The average molecular weight is 187 g/mol. The summed E-state index contributed by atoms with van der Waals surface area (Å²) in [6, 6.07) is 0. The number of hydrogen-bond donors (Lipinski definition) is 1. The molecule has 0 aromatic carbocycles. The van der Waals surface area contributed by atoms with Crippen molar-refractivity contribution in [2.24, 2.45) is 5.41 Å². The van der Waals surface area contributed by atoms with E-state index in [1.165, 1.54) is 43.9 Å². The third-order valence-electron chi connectivity index (χ3n) is 2.52. The minimum Gasteiger partial charge on any atom is -0.316 e. The van der Waals surface area contributed by atoms with Crippen molar-refractivity contribution in [2.45, 2.75) is 33.1 Å². The summed E-state index contributed by atoms with van der Waals surface area (Å²) in [5.41, 5.74) is 0.741. The molecule has 0 aromatic rings. The monoisotopic (exact) mass is 187 g/mol. The molecule has 2 rings (SSSR count). The molecule has 1 spiro atoms. The maximum Gasteiger partial charge on any atom is 0.00165 e. The second-order valence-electron chi connectivity index (χ2n) is 3.94. The second-order valence-corrected chi connectivity index (χ2v) is 5.04. The quantitative estimate of drug-likeness (QED) is 0.625. The molecule has 2 aliphatic heterocycles. The van der Waals surface area contributed by atoms with E-state index < -0.39 is 0 Å². The van der Waals surface area contributed by atoms with Crippen LogP contribution >= 0.6 is 11.8 Å². The average Bonchev–Trinajstić information content (AvgIpc) is 2.66. The Morgan fingerprint density at radius 1 is 1.33 bits per heavy atom. The Balaban J connectivity index is 0.000000213. The molecule has 12 heavy (non-hydrogen) atoms. The van der Waals surface area contributed by atoms with Crippen molar-refractivity contribution >= 4 is 11.8 Å². The topological polar surface area (TPSA) is 12.0 Å². The van der Waals surface area contributed by atoms with Crippen LogP contribution < -0.4 is 5.32 Å². The van der Waals surface area contributed by atoms with E-state index in [-0.39, 0.29) is 0 Å². The molecule has 1 N–H and O–H groups in total. The van der Waals surface area contributed by atoms with Crippen molar-refractivity contribution in [1.29, 1.82) is 0 Å². The molecular formula is C10H21NS. The molecule has 0 saturated carbocycles. The summed E-state index contributed by atoms with van der Waals surface area (Å²) in [5.74, 6) is 2.82. The highest BCUT2D eigenvalue weighted by Gasteiger charge is 2.36. The standard InChI is InChI=1S/C7H13NS.C3H8/c1-3-8-5-7(1)2-4-9-6-7;1-3-2/h8H,1-6H2;3H2,1-2H3. The van der Waals surface area contributed by atoms with Gasteiger partial charge < -0.3 is 5.32 Å². The van der Waals surface area contributed by atoms with Crippen LogP contribution in [0.5, 0.6) is 0 Å². The molecule has 2 fully saturated rings. The van der Waals surface area contributed by atoms with Gasteiger partial charge >= 0.3 is 0 Å². The lowest BCUT2D eigenvalue weighted by Gasteiger charge is -2.18. The fourth-order valence-corrected chi connectivity index (χ4v) is 3.33. The molecule has 2 heteroatoms. The molecule has 2 saturated heterocycles. The van der Waals surface area contributed by atoms with Gasteiger partial charge in [-0.3, -0.25) is 0 Å². The summed E-state index contributed by atoms with van der Waals surface area (Å²) in [7, 11) is 0. The van der Waals surface area contributed by atoms with E-state index in [2.05, 4.69) is 30.9 Å². The molecule has 1 nitrogen and oxygen atoms in total. The van der Waals surface area contributed by atoms with Crippen molar-refractivity contribution in [1.82, 2.24) is 5.32 Å². The first kappa shape index (κ1) is 10.4. The van der Waals surface area contributed by atoms with Gasteiger partial charge in [-0.15, -0.1) is 0 Å². The maximum atomic E-state index is 3.44. The third kappa shape index (κ3) is 2.67. The van der Waals surface area contributed by atoms with Crippen LogP contribution in [0.15, 0.2) is 0 Å². The summed E-state index contributed by atoms with van der Waals surface area (Å²) in [4.78, 5) is 0. The smallest absolute Gasteiger partial charge is 0.00165 e. The Labute approximate surface area is 80.7 Å². The first-order valence-electron chi connectivity index (χ1n) is 5.11. The van der Waals surface area contributed by atoms with E-state index in [1.807, 2.05) is 0 Å². The van der Waals surface area contributed by atoms with Crippen LogP contribution in [0.3, 0.4) is 0 Å². The summed E-state index contributed by atoms with van der Waals surface area (Å²) in [6.07, 6.45) is 4.14. The lowest BCUT2D eigenvalue weighted by molar-refractivity contribution is 0.379. The first-order chi connectivity index (χ1) is 5.83. The van der Waals surface area contributed by atoms with Gasteiger partial charge in [0, 0.05) is 12.3 Å². The van der Waals surface area contributed by atoms with Crippen LogP contribution in [-0.2, 0) is 0 Å². The Hall–Kier alpha value is 0.310. The zero-order valence-electron chi connectivity index (χ0n) is 8.36. The predicted octanol–water partition coefficient (Wildman–Crippen LogP) is 2.52. The predicted molar refractivity (Wildman–Crippen MR) is 57.8 cm³/mol. The molecule has 1 atom stereocenters. The summed E-state index contributed by atoms with van der Waals surface area (Å²) < 4.78 is 0. The molecule has 0 radical (unpaired) electrons. The molecule has 72 valence electrons. The highest BCUT2D eigenvalue weighted by molar-refractivity contribution is 7.99. The molecule has 0 aromatic heterocycles. The Morgan fingerprint density at radius 2 is 2.08 bits per heavy atom. The SMILES string of the molecule is C1CC2(CCSC2)CN1.CCC. The molecule has 2 aliphatic rings. The van der Waals surface area contributed by atoms with Gasteiger partial charge in [0.15, 0.2) is 0 Å². The number of thioether (sulfide) groups is 1. The van der Waals surface area contributed by atoms with E-state index in [9.17, 15) is 0 Å². The number of nitrogens with one attached hydrogen (secondary N) is 1. The van der Waals surface area contributed by atoms with Crippen molar-refractivity contribution in [3.05, 3.63) is 0 Å². The van der Waals surface area contributed by atoms with E-state index in [0.717, 1.165) is 5.41 Å². The van der Waals surface area contributed by atoms with Crippen LogP contribution in [0.4, 0.5) is 0 Å². The molecule has 0 amide bonds. The van der Waals surface area contributed by atoms with Crippen LogP contribution in [0.1, 0.15) is 33.1 Å². The Bertz CT molecular complexity index is 95.5. The van der Waals surface area contributed by atoms with E-state index in [0.29, 0.717) is 0 Å². The summed E-state index contributed by atoms with van der Waals surface area (Å²) in [5, 5.41) is 3.44. The van der Waals surface area contributed by atoms with Crippen molar-refractivity contribution in [3.8, 4) is 0 Å². The van der Waals surface area contributed by atoms with Gasteiger partial charge in [0.25, 0.3) is 0 Å². The van der Waals surface area contributed by atoms with Crippen molar-refractivity contribution in [2.75, 3.05) is 24.6 Å². The van der Waals surface area contributed by atoms with E-state index in [1.54, 1.807) is 0 Å². The first-order valence-corrected chi connectivity index (χ1v) is 6.27. The number of rotatable bonds is 0. The van der Waals surface area contributed by atoms with Crippen LogP contribution in [-0.4, -0.2) is 24.6 Å². The van der Waals surface area contributed by atoms with E-state index in [4.69, 9.17) is 0 Å². The van der Waals surface area contributed by atoms with Crippen LogP contribution in [0, 0.1) is 5.41 Å². The molecule has 0 bridgehead atoms. The molecule has 2 heterocycles. The minimum absolute atomic E-state index is 0.741. The number of hydrogen-bond acceptors (Lipinski definition) is 2. The molecule has 0 aliphatic carbocycles. The maximum absolute atomic E-state index is 3.44. The Kier molecular flexibility index (Phi) is 4.44. The highest BCUT2D eigenvalue weighted by atomic mass is 32.2. The van der Waals surface area contributed by atoms with Gasteiger partial charge in [-0.2, -0.15) is 11.8 Å². The third-order valence-corrected chi connectivity index (χ3v) is 3.83. The normalized spacial score (nSPS) is 33.5. The summed E-state index contributed by atoms with van der Waals surface area (Å²) >= 11 is 2.13. The van der Waals surface area contributed by atoms with Crippen molar-refractivity contribution in [3.63, 3.8) is 0 Å². The van der Waals surface area contributed by atoms with Crippen LogP contribution in [0.25, 0.3) is 0 Å². The largest absolute Gasteiger partial charge is 0.316 e. The lowest BCUT2D eigenvalue weighted by atomic mass is 9.87. The van der Waals surface area contributed by atoms with Crippen LogP contribution in [0.2, 0.25) is 0 Å². The fourth-order valence-electron chi connectivity index (χ4n) is 1.78. The minimum atomic E-state index is 0.741. The zero-order valence-corrected chi connectivity index (χ0v) is 9.17. The van der Waals surface area contributed by atoms with E-state index >= 15 is 0 Å². The second kappa shape index (κ2) is 5.13. The van der Waals surface area contributed by atoms with Gasteiger partial charge in [-0.25, -0.2) is 0 Å². The molecular weight excluding hydrogens is 166 g/mol. The Morgan fingerprint density at radius 3 is 2.50 bits per heavy atom. The van der Waals surface area contributed by atoms with Crippen molar-refractivity contribution < 1.29 is 0 Å². The fraction of sp³-hybridized carbons (Fsp3) is 1.00. The zero-order chi connectivity index (χ0) is 8.86.